The maximum absolute atomic E-state index is 14.5. The number of halogens is 3. The number of fused-ring (bicyclic) bond motifs is 1. The molecule has 3 nitrogen and oxygen atoms in total. The Balaban J connectivity index is 2.63. The summed E-state index contributed by atoms with van der Waals surface area (Å²) in [7, 11) is 0. The third-order valence-corrected chi connectivity index (χ3v) is 3.86. The minimum Gasteiger partial charge on any atom is -0.475 e. The van der Waals surface area contributed by atoms with Crippen LogP contribution in [0.3, 0.4) is 0 Å². The highest BCUT2D eigenvalue weighted by Gasteiger charge is 2.29. The summed E-state index contributed by atoms with van der Waals surface area (Å²) in [5.41, 5.74) is 3.91. The van der Waals surface area contributed by atoms with Crippen LogP contribution in [0.25, 0.3) is 10.8 Å². The zero-order chi connectivity index (χ0) is 15.1. The van der Waals surface area contributed by atoms with Crippen LogP contribution in [0.1, 0.15) is 13.8 Å². The van der Waals surface area contributed by atoms with Gasteiger partial charge in [0.25, 0.3) is 5.91 Å². The van der Waals surface area contributed by atoms with Crippen LogP contribution in [-0.4, -0.2) is 11.5 Å². The molecular weight excluding hydrogens is 349 g/mol. The van der Waals surface area contributed by atoms with Crippen molar-refractivity contribution in [1.82, 2.24) is 0 Å². The van der Waals surface area contributed by atoms with E-state index >= 15 is 0 Å². The quantitative estimate of drug-likeness (QED) is 0.898. The molecular formula is C14H12BrClFNO2. The Kier molecular flexibility index (Phi) is 3.93. The molecule has 6 heteroatoms. The molecule has 0 spiro atoms. The van der Waals surface area contributed by atoms with E-state index in [0.29, 0.717) is 20.3 Å². The first-order valence-corrected chi connectivity index (χ1v) is 6.96. The van der Waals surface area contributed by atoms with E-state index in [1.54, 1.807) is 18.2 Å². The van der Waals surface area contributed by atoms with Crippen molar-refractivity contribution in [1.29, 1.82) is 0 Å². The average molecular weight is 361 g/mol. The first-order valence-electron chi connectivity index (χ1n) is 5.79. The van der Waals surface area contributed by atoms with Crippen molar-refractivity contribution in [2.75, 3.05) is 0 Å². The molecule has 1 amide bonds. The Morgan fingerprint density at radius 2 is 2.10 bits per heavy atom. The lowest BCUT2D eigenvalue weighted by molar-refractivity contribution is -0.130. The minimum absolute atomic E-state index is 0.0598. The highest BCUT2D eigenvalue weighted by molar-refractivity contribution is 9.10. The Morgan fingerprint density at radius 3 is 2.70 bits per heavy atom. The Labute approximate surface area is 129 Å². The largest absolute Gasteiger partial charge is 0.475 e. The molecule has 106 valence electrons. The summed E-state index contributed by atoms with van der Waals surface area (Å²) in [5.74, 6) is -1.32. The molecule has 0 bridgehead atoms. The fraction of sp³-hybridized carbons (Fsp3) is 0.214. The predicted molar refractivity (Wildman–Crippen MR) is 80.5 cm³/mol. The van der Waals surface area contributed by atoms with Crippen molar-refractivity contribution in [3.05, 3.63) is 39.6 Å². The fourth-order valence-electron chi connectivity index (χ4n) is 1.73. The average Bonchev–Trinajstić information content (AvgIpc) is 2.34. The van der Waals surface area contributed by atoms with Crippen molar-refractivity contribution in [3.63, 3.8) is 0 Å². The Hall–Kier alpha value is -1.33. The van der Waals surface area contributed by atoms with Gasteiger partial charge in [0.1, 0.15) is 0 Å². The van der Waals surface area contributed by atoms with Crippen LogP contribution in [-0.2, 0) is 4.79 Å². The number of benzene rings is 2. The van der Waals surface area contributed by atoms with Gasteiger partial charge < -0.3 is 10.5 Å². The number of carbonyl (C=O) groups excluding carboxylic acids is 1. The molecule has 0 atom stereocenters. The molecule has 0 heterocycles. The first kappa shape index (κ1) is 15.1. The van der Waals surface area contributed by atoms with Crippen LogP contribution in [0.15, 0.2) is 28.7 Å². The number of hydrogen-bond donors (Lipinski definition) is 1. The third-order valence-electron chi connectivity index (χ3n) is 2.92. The number of hydrogen-bond acceptors (Lipinski definition) is 2. The number of amides is 1. The van der Waals surface area contributed by atoms with Gasteiger partial charge in [-0.2, -0.15) is 0 Å². The molecule has 2 aromatic rings. The molecule has 0 aliphatic rings. The fourth-order valence-corrected chi connectivity index (χ4v) is 2.76. The lowest BCUT2D eigenvalue weighted by atomic mass is 10.1. The minimum atomic E-state index is -1.31. The molecule has 0 unspecified atom stereocenters. The van der Waals surface area contributed by atoms with Crippen molar-refractivity contribution in [2.24, 2.45) is 5.73 Å². The van der Waals surface area contributed by atoms with E-state index in [2.05, 4.69) is 15.9 Å². The molecule has 2 N–H and O–H groups in total. The normalized spacial score (nSPS) is 11.7. The van der Waals surface area contributed by atoms with Crippen molar-refractivity contribution < 1.29 is 13.9 Å². The number of ether oxygens (including phenoxy) is 1. The molecule has 0 aliphatic carbocycles. The van der Waals surface area contributed by atoms with E-state index in [9.17, 15) is 9.18 Å². The number of carbonyl (C=O) groups is 1. The summed E-state index contributed by atoms with van der Waals surface area (Å²) in [6.07, 6.45) is 0. The highest BCUT2D eigenvalue weighted by Crippen LogP contribution is 2.38. The van der Waals surface area contributed by atoms with E-state index in [-0.39, 0.29) is 5.75 Å². The predicted octanol–water partition coefficient (Wildman–Crippen LogP) is 4.04. The molecule has 0 fully saturated rings. The monoisotopic (exact) mass is 359 g/mol. The summed E-state index contributed by atoms with van der Waals surface area (Å²) >= 11 is 9.39. The molecule has 0 saturated heterocycles. The number of rotatable bonds is 3. The van der Waals surface area contributed by atoms with Gasteiger partial charge in [0, 0.05) is 20.3 Å². The Morgan fingerprint density at radius 1 is 1.45 bits per heavy atom. The van der Waals surface area contributed by atoms with E-state index in [0.717, 1.165) is 0 Å². The second kappa shape index (κ2) is 5.22. The molecule has 2 rings (SSSR count). The maximum Gasteiger partial charge on any atom is 0.261 e. The van der Waals surface area contributed by atoms with Gasteiger partial charge in [0.2, 0.25) is 0 Å². The van der Waals surface area contributed by atoms with Crippen LogP contribution < -0.4 is 10.5 Å². The molecule has 0 radical (unpaired) electrons. The van der Waals surface area contributed by atoms with Crippen molar-refractivity contribution in [3.8, 4) is 5.75 Å². The van der Waals surface area contributed by atoms with Gasteiger partial charge in [-0.25, -0.2) is 4.39 Å². The molecule has 2 aromatic carbocycles. The molecule has 20 heavy (non-hydrogen) atoms. The molecule has 0 aromatic heterocycles. The second-order valence-electron chi connectivity index (χ2n) is 4.81. The third kappa shape index (κ3) is 2.60. The number of nitrogens with two attached hydrogens (primary N) is 1. The van der Waals surface area contributed by atoms with Crippen LogP contribution >= 0.6 is 27.5 Å². The van der Waals surface area contributed by atoms with Gasteiger partial charge in [0.15, 0.2) is 17.2 Å². The SMILES string of the molecule is CC(C)(Oc1cc(Br)c2c(Cl)cccc2c1F)C(N)=O. The van der Waals surface area contributed by atoms with E-state index in [1.807, 2.05) is 0 Å². The zero-order valence-electron chi connectivity index (χ0n) is 10.8. The first-order chi connectivity index (χ1) is 9.24. The van der Waals surface area contributed by atoms with Gasteiger partial charge in [-0.1, -0.05) is 23.7 Å². The lowest BCUT2D eigenvalue weighted by Crippen LogP contribution is -2.43. The standard InChI is InChI=1S/C14H12BrClFNO2/c1-14(2,13(18)19)20-10-6-8(15)11-7(12(10)17)4-3-5-9(11)16/h3-6H,1-2H3,(H2,18,19). The highest BCUT2D eigenvalue weighted by atomic mass is 79.9. The van der Waals surface area contributed by atoms with Gasteiger partial charge in [-0.05, 0) is 41.9 Å². The van der Waals surface area contributed by atoms with Crippen molar-refractivity contribution in [2.45, 2.75) is 19.4 Å². The lowest BCUT2D eigenvalue weighted by Gasteiger charge is -2.23. The Bertz CT molecular complexity index is 703. The van der Waals surface area contributed by atoms with Crippen molar-refractivity contribution >= 4 is 44.2 Å². The van der Waals surface area contributed by atoms with Gasteiger partial charge >= 0.3 is 0 Å². The summed E-state index contributed by atoms with van der Waals surface area (Å²) < 4.78 is 20.4. The van der Waals surface area contributed by atoms with Crippen LogP contribution in [0.4, 0.5) is 4.39 Å². The van der Waals surface area contributed by atoms with E-state index in [4.69, 9.17) is 22.1 Å². The van der Waals surface area contributed by atoms with Gasteiger partial charge in [-0.15, -0.1) is 0 Å². The van der Waals surface area contributed by atoms with Gasteiger partial charge in [0.05, 0.1) is 0 Å². The summed E-state index contributed by atoms with van der Waals surface area (Å²) in [4.78, 5) is 11.3. The molecule has 0 aliphatic heterocycles. The van der Waals surface area contributed by atoms with Crippen LogP contribution in [0, 0.1) is 5.82 Å². The van der Waals surface area contributed by atoms with E-state index in [1.165, 1.54) is 19.9 Å². The molecule has 0 saturated carbocycles. The second-order valence-corrected chi connectivity index (χ2v) is 6.07. The van der Waals surface area contributed by atoms with E-state index < -0.39 is 17.3 Å². The summed E-state index contributed by atoms with van der Waals surface area (Å²) in [6, 6.07) is 6.34. The van der Waals surface area contributed by atoms with Crippen LogP contribution in [0.5, 0.6) is 5.75 Å². The maximum atomic E-state index is 14.5. The topological polar surface area (TPSA) is 52.3 Å². The zero-order valence-corrected chi connectivity index (χ0v) is 13.2. The number of primary amides is 1. The summed E-state index contributed by atoms with van der Waals surface area (Å²) in [5, 5.41) is 1.28. The smallest absolute Gasteiger partial charge is 0.261 e. The summed E-state index contributed by atoms with van der Waals surface area (Å²) in [6.45, 7) is 2.95. The van der Waals surface area contributed by atoms with Gasteiger partial charge in [-0.3, -0.25) is 4.79 Å². The van der Waals surface area contributed by atoms with Crippen LogP contribution in [0.2, 0.25) is 5.02 Å².